The first-order valence-electron chi connectivity index (χ1n) is 10.9. The molecule has 1 aliphatic heterocycles. The number of carbonyl (C=O) groups is 2. The van der Waals surface area contributed by atoms with E-state index < -0.39 is 5.38 Å². The minimum Gasteiger partial charge on any atom is -0.325 e. The molecule has 0 unspecified atom stereocenters. The van der Waals surface area contributed by atoms with Crippen molar-refractivity contribution < 1.29 is 9.59 Å². The van der Waals surface area contributed by atoms with Gasteiger partial charge in [-0.2, -0.15) is 0 Å². The lowest BCUT2D eigenvalue weighted by atomic mass is 9.87. The Labute approximate surface area is 204 Å². The fourth-order valence-corrected chi connectivity index (χ4v) is 5.16. The normalized spacial score (nSPS) is 17.2. The maximum absolute atomic E-state index is 12.7. The largest absolute Gasteiger partial charge is 0.325 e. The third-order valence-electron chi connectivity index (χ3n) is 5.67. The van der Waals surface area contributed by atoms with Crippen molar-refractivity contribution in [1.29, 1.82) is 0 Å². The summed E-state index contributed by atoms with van der Waals surface area (Å²) in [4.78, 5) is 27.1. The van der Waals surface area contributed by atoms with Crippen LogP contribution in [0.4, 0.5) is 11.4 Å². The zero-order chi connectivity index (χ0) is 23.6. The molecule has 2 amide bonds. The molecule has 0 spiro atoms. The van der Waals surface area contributed by atoms with Crippen molar-refractivity contribution in [2.45, 2.75) is 36.9 Å². The maximum atomic E-state index is 12.7. The van der Waals surface area contributed by atoms with E-state index in [-0.39, 0.29) is 22.6 Å². The molecule has 0 saturated carbocycles. The lowest BCUT2D eigenvalue weighted by molar-refractivity contribution is -0.116. The van der Waals surface area contributed by atoms with Gasteiger partial charge < -0.3 is 5.32 Å². The van der Waals surface area contributed by atoms with E-state index in [1.807, 2.05) is 71.6 Å². The lowest BCUT2D eigenvalue weighted by Crippen LogP contribution is -2.28. The van der Waals surface area contributed by atoms with Crippen molar-refractivity contribution in [3.05, 3.63) is 95.6 Å². The number of rotatable bonds is 5. The van der Waals surface area contributed by atoms with E-state index in [0.29, 0.717) is 11.4 Å². The van der Waals surface area contributed by atoms with Crippen LogP contribution in [0.25, 0.3) is 0 Å². The van der Waals surface area contributed by atoms with Crippen LogP contribution in [-0.4, -0.2) is 17.6 Å². The number of carbonyl (C=O) groups excluding carboxylic acids is 2. The summed E-state index contributed by atoms with van der Waals surface area (Å²) in [7, 11) is 0. The lowest BCUT2D eigenvalue weighted by Gasteiger charge is -2.26. The third kappa shape index (κ3) is 5.26. The van der Waals surface area contributed by atoms with Crippen molar-refractivity contribution in [1.82, 2.24) is 0 Å². The Hall–Kier alpha value is -2.76. The van der Waals surface area contributed by atoms with Crippen molar-refractivity contribution in [3.63, 3.8) is 0 Å². The molecule has 33 heavy (non-hydrogen) atoms. The quantitative estimate of drug-likeness (QED) is 0.416. The minimum atomic E-state index is -0.763. The molecule has 0 aromatic heterocycles. The molecule has 2 atom stereocenters. The second kappa shape index (κ2) is 9.62. The monoisotopic (exact) mass is 478 g/mol. The minimum absolute atomic E-state index is 0.0600. The first-order chi connectivity index (χ1) is 15.7. The van der Waals surface area contributed by atoms with Crippen LogP contribution < -0.4 is 10.2 Å². The fraction of sp³-hybridized carbons (Fsp3) is 0.259. The number of hydrogen-bond donors (Lipinski definition) is 1. The number of alkyl halides is 1. The number of nitrogens with one attached hydrogen (secondary N) is 1. The summed E-state index contributed by atoms with van der Waals surface area (Å²) in [5.41, 5.74) is 4.62. The topological polar surface area (TPSA) is 49.4 Å². The molecule has 1 aliphatic rings. The van der Waals surface area contributed by atoms with Gasteiger partial charge in [-0.1, -0.05) is 75.4 Å². The van der Waals surface area contributed by atoms with Crippen molar-refractivity contribution in [3.8, 4) is 0 Å². The van der Waals surface area contributed by atoms with Gasteiger partial charge in [-0.15, -0.1) is 23.4 Å². The van der Waals surface area contributed by atoms with Crippen molar-refractivity contribution in [2.24, 2.45) is 0 Å². The van der Waals surface area contributed by atoms with Gasteiger partial charge in [0.1, 0.15) is 10.8 Å². The van der Waals surface area contributed by atoms with Crippen LogP contribution in [0.15, 0.2) is 78.9 Å². The van der Waals surface area contributed by atoms with Gasteiger partial charge in [0.15, 0.2) is 0 Å². The molecule has 0 aliphatic carbocycles. The number of thioether (sulfide) groups is 1. The number of benzene rings is 3. The molecule has 6 heteroatoms. The van der Waals surface area contributed by atoms with E-state index >= 15 is 0 Å². The molecule has 4 nitrogen and oxygen atoms in total. The number of halogens is 1. The van der Waals surface area contributed by atoms with E-state index in [2.05, 4.69) is 38.2 Å². The number of anilines is 2. The van der Waals surface area contributed by atoms with E-state index in [0.717, 1.165) is 16.8 Å². The first kappa shape index (κ1) is 23.4. The molecule has 4 rings (SSSR count). The summed E-state index contributed by atoms with van der Waals surface area (Å²) in [5, 5.41) is 2.00. The standard InChI is InChI=1S/C27H27ClN2O2S/c1-27(2,3)20-11-15-22(16-12-20)30-23(31)17-33-26(30)19-9-13-21(14-10-19)29-25(32)24(28)18-7-5-4-6-8-18/h4-16,24,26H,17H2,1-3H3,(H,29,32)/t24-,26-/m1/s1. The van der Waals surface area contributed by atoms with Gasteiger partial charge in [0.2, 0.25) is 11.8 Å². The van der Waals surface area contributed by atoms with Crippen LogP contribution in [0.2, 0.25) is 0 Å². The van der Waals surface area contributed by atoms with Crippen LogP contribution in [0.1, 0.15) is 48.2 Å². The Morgan fingerprint density at radius 2 is 1.64 bits per heavy atom. The van der Waals surface area contributed by atoms with Gasteiger partial charge in [-0.05, 0) is 46.4 Å². The van der Waals surface area contributed by atoms with Crippen LogP contribution >= 0.6 is 23.4 Å². The Morgan fingerprint density at radius 1 is 1.00 bits per heavy atom. The average Bonchev–Trinajstić information content (AvgIpc) is 3.20. The highest BCUT2D eigenvalue weighted by atomic mass is 35.5. The predicted molar refractivity (Wildman–Crippen MR) is 138 cm³/mol. The van der Waals surface area contributed by atoms with E-state index in [9.17, 15) is 9.59 Å². The van der Waals surface area contributed by atoms with Gasteiger partial charge in [0.05, 0.1) is 5.75 Å². The Bertz CT molecular complexity index is 1130. The molecule has 1 saturated heterocycles. The molecular weight excluding hydrogens is 452 g/mol. The van der Waals surface area contributed by atoms with Crippen LogP contribution in [0, 0.1) is 0 Å². The highest BCUT2D eigenvalue weighted by Crippen LogP contribution is 2.42. The average molecular weight is 479 g/mol. The van der Waals surface area contributed by atoms with E-state index in [1.165, 1.54) is 5.56 Å². The first-order valence-corrected chi connectivity index (χ1v) is 12.4. The fourth-order valence-electron chi connectivity index (χ4n) is 3.78. The summed E-state index contributed by atoms with van der Waals surface area (Å²) in [5.74, 6) is 0.259. The molecule has 170 valence electrons. The van der Waals surface area contributed by atoms with Gasteiger partial charge in [-0.25, -0.2) is 0 Å². The SMILES string of the molecule is CC(C)(C)c1ccc(N2C(=O)CS[C@@H]2c2ccc(NC(=O)[C@H](Cl)c3ccccc3)cc2)cc1. The number of hydrogen-bond acceptors (Lipinski definition) is 3. The summed E-state index contributed by atoms with van der Waals surface area (Å²) < 4.78 is 0. The van der Waals surface area contributed by atoms with Crippen molar-refractivity contribution in [2.75, 3.05) is 16.0 Å². The molecule has 0 bridgehead atoms. The summed E-state index contributed by atoms with van der Waals surface area (Å²) in [6.07, 6.45) is 0. The molecule has 1 heterocycles. The highest BCUT2D eigenvalue weighted by Gasteiger charge is 2.34. The summed E-state index contributed by atoms with van der Waals surface area (Å²) >= 11 is 7.93. The van der Waals surface area contributed by atoms with Crippen LogP contribution in [0.3, 0.4) is 0 Å². The van der Waals surface area contributed by atoms with Gasteiger partial charge in [0, 0.05) is 11.4 Å². The van der Waals surface area contributed by atoms with E-state index in [4.69, 9.17) is 11.6 Å². The van der Waals surface area contributed by atoms with Gasteiger partial charge in [0.25, 0.3) is 0 Å². The second-order valence-corrected chi connectivity index (χ2v) is 10.6. The zero-order valence-electron chi connectivity index (χ0n) is 18.9. The van der Waals surface area contributed by atoms with Crippen LogP contribution in [0.5, 0.6) is 0 Å². The Kier molecular flexibility index (Phi) is 6.82. The molecule has 0 radical (unpaired) electrons. The van der Waals surface area contributed by atoms with Gasteiger partial charge >= 0.3 is 0 Å². The predicted octanol–water partition coefficient (Wildman–Crippen LogP) is 6.68. The Balaban J connectivity index is 1.48. The summed E-state index contributed by atoms with van der Waals surface area (Å²) in [6, 6.07) is 25.1. The number of amides is 2. The highest BCUT2D eigenvalue weighted by molar-refractivity contribution is 8.00. The van der Waals surface area contributed by atoms with E-state index in [1.54, 1.807) is 11.8 Å². The molecule has 1 N–H and O–H groups in total. The van der Waals surface area contributed by atoms with Crippen LogP contribution in [-0.2, 0) is 15.0 Å². The van der Waals surface area contributed by atoms with Gasteiger partial charge in [-0.3, -0.25) is 14.5 Å². The third-order valence-corrected chi connectivity index (χ3v) is 7.33. The second-order valence-electron chi connectivity index (χ2n) is 9.11. The summed E-state index contributed by atoms with van der Waals surface area (Å²) in [6.45, 7) is 6.52. The smallest absolute Gasteiger partial charge is 0.246 e. The molecule has 1 fully saturated rings. The number of nitrogens with zero attached hydrogens (tertiary/aromatic N) is 1. The maximum Gasteiger partial charge on any atom is 0.246 e. The molecule has 3 aromatic carbocycles. The zero-order valence-corrected chi connectivity index (χ0v) is 20.5. The molecule has 3 aromatic rings. The van der Waals surface area contributed by atoms with Crippen molar-refractivity contribution >= 4 is 46.6 Å². The Morgan fingerprint density at radius 3 is 2.24 bits per heavy atom. The molecular formula is C27H27ClN2O2S.